The number of anilines is 1. The van der Waals surface area contributed by atoms with Gasteiger partial charge >= 0.3 is 0 Å². The van der Waals surface area contributed by atoms with Gasteiger partial charge in [-0.15, -0.1) is 0 Å². The van der Waals surface area contributed by atoms with Gasteiger partial charge < -0.3 is 9.73 Å². The van der Waals surface area contributed by atoms with E-state index in [1.54, 1.807) is 7.05 Å². The summed E-state index contributed by atoms with van der Waals surface area (Å²) >= 11 is 0. The fourth-order valence-corrected chi connectivity index (χ4v) is 1.31. The van der Waals surface area contributed by atoms with Crippen molar-refractivity contribution >= 4 is 11.8 Å². The summed E-state index contributed by atoms with van der Waals surface area (Å²) in [5.74, 6) is 0.745. The molecule has 1 amide bonds. The fourth-order valence-electron chi connectivity index (χ4n) is 1.31. The average molecular weight is 211 g/mol. The van der Waals surface area contributed by atoms with Gasteiger partial charge in [-0.2, -0.15) is 0 Å². The largest absolute Gasteiger partial charge is 0.428 e. The maximum Gasteiger partial charge on any atom is 0.243 e. The summed E-state index contributed by atoms with van der Waals surface area (Å²) in [4.78, 5) is 15.4. The number of carbonyl (C=O) groups is 1. The van der Waals surface area contributed by atoms with Crippen LogP contribution in [-0.4, -0.2) is 24.0 Å². The minimum Gasteiger partial charge on any atom is -0.428 e. The molecule has 0 aliphatic heterocycles. The molecule has 1 rings (SSSR count). The monoisotopic (exact) mass is 211 g/mol. The van der Waals surface area contributed by atoms with Gasteiger partial charge in [0.05, 0.1) is 12.2 Å². The van der Waals surface area contributed by atoms with E-state index in [-0.39, 0.29) is 11.9 Å². The molecule has 2 N–H and O–H groups in total. The van der Waals surface area contributed by atoms with Crippen LogP contribution in [0.3, 0.4) is 0 Å². The highest BCUT2D eigenvalue weighted by Gasteiger charge is 2.18. The molecule has 15 heavy (non-hydrogen) atoms. The van der Waals surface area contributed by atoms with Gasteiger partial charge in [0, 0.05) is 0 Å². The van der Waals surface area contributed by atoms with Gasteiger partial charge in [-0.1, -0.05) is 13.8 Å². The van der Waals surface area contributed by atoms with Gasteiger partial charge in [0.1, 0.15) is 0 Å². The van der Waals surface area contributed by atoms with Gasteiger partial charge in [-0.05, 0) is 19.4 Å². The van der Waals surface area contributed by atoms with Crippen molar-refractivity contribution in [2.75, 3.05) is 12.4 Å². The van der Waals surface area contributed by atoms with E-state index in [1.807, 2.05) is 0 Å². The van der Waals surface area contributed by atoms with E-state index in [2.05, 4.69) is 29.5 Å². The molecule has 1 unspecified atom stereocenters. The van der Waals surface area contributed by atoms with E-state index in [1.165, 1.54) is 12.6 Å². The number of rotatable bonds is 5. The van der Waals surface area contributed by atoms with Crippen LogP contribution in [0.4, 0.5) is 5.88 Å². The summed E-state index contributed by atoms with van der Waals surface area (Å²) < 4.78 is 4.93. The summed E-state index contributed by atoms with van der Waals surface area (Å²) in [7, 11) is 1.77. The Balaban J connectivity index is 2.50. The van der Waals surface area contributed by atoms with Crippen molar-refractivity contribution in [1.29, 1.82) is 0 Å². The van der Waals surface area contributed by atoms with Crippen molar-refractivity contribution in [3.8, 4) is 0 Å². The minimum atomic E-state index is -0.199. The average Bonchev–Trinajstić information content (AvgIpc) is 2.66. The highest BCUT2D eigenvalue weighted by Crippen LogP contribution is 2.08. The molecule has 5 nitrogen and oxygen atoms in total. The maximum absolute atomic E-state index is 11.7. The number of aromatic nitrogens is 1. The number of oxazole rings is 1. The van der Waals surface area contributed by atoms with Crippen molar-refractivity contribution in [3.63, 3.8) is 0 Å². The number of hydrogen-bond donors (Lipinski definition) is 2. The second-order valence-electron chi connectivity index (χ2n) is 3.83. The van der Waals surface area contributed by atoms with Crippen LogP contribution >= 0.6 is 0 Å². The first-order chi connectivity index (χ1) is 7.13. The highest BCUT2D eigenvalue weighted by atomic mass is 16.4. The van der Waals surface area contributed by atoms with Crippen LogP contribution in [0.25, 0.3) is 0 Å². The Morgan fingerprint density at radius 1 is 1.60 bits per heavy atom. The van der Waals surface area contributed by atoms with E-state index >= 15 is 0 Å². The first-order valence-electron chi connectivity index (χ1n) is 5.00. The molecular formula is C10H17N3O2. The van der Waals surface area contributed by atoms with E-state index < -0.39 is 0 Å². The van der Waals surface area contributed by atoms with Crippen LogP contribution in [-0.2, 0) is 4.79 Å². The molecule has 0 radical (unpaired) electrons. The molecule has 0 saturated heterocycles. The van der Waals surface area contributed by atoms with E-state index in [9.17, 15) is 4.79 Å². The molecular weight excluding hydrogens is 194 g/mol. The SMILES string of the molecule is CNC(CC(C)C)C(=O)Nc1cnco1. The lowest BCUT2D eigenvalue weighted by molar-refractivity contribution is -0.118. The lowest BCUT2D eigenvalue weighted by atomic mass is 10.0. The zero-order valence-corrected chi connectivity index (χ0v) is 9.28. The van der Waals surface area contributed by atoms with Gasteiger partial charge in [0.15, 0.2) is 6.39 Å². The normalized spacial score (nSPS) is 12.8. The number of hydrogen-bond acceptors (Lipinski definition) is 4. The van der Waals surface area contributed by atoms with E-state index in [0.717, 1.165) is 6.42 Å². The number of likely N-dealkylation sites (N-methyl/N-ethyl adjacent to an activating group) is 1. The van der Waals surface area contributed by atoms with Crippen molar-refractivity contribution in [3.05, 3.63) is 12.6 Å². The quantitative estimate of drug-likeness (QED) is 0.769. The Kier molecular flexibility index (Phi) is 4.30. The summed E-state index contributed by atoms with van der Waals surface area (Å²) in [5.41, 5.74) is 0. The van der Waals surface area contributed by atoms with Crippen molar-refractivity contribution in [2.24, 2.45) is 5.92 Å². The predicted molar refractivity (Wildman–Crippen MR) is 57.4 cm³/mol. The van der Waals surface area contributed by atoms with Crippen LogP contribution in [0.2, 0.25) is 0 Å². The molecule has 0 aliphatic rings. The third-order valence-electron chi connectivity index (χ3n) is 2.05. The third kappa shape index (κ3) is 3.71. The number of nitrogens with one attached hydrogen (secondary N) is 2. The summed E-state index contributed by atoms with van der Waals surface area (Å²) in [6.45, 7) is 4.15. The van der Waals surface area contributed by atoms with Crippen LogP contribution in [0.5, 0.6) is 0 Å². The van der Waals surface area contributed by atoms with Crippen molar-refractivity contribution in [2.45, 2.75) is 26.3 Å². The van der Waals surface area contributed by atoms with Gasteiger partial charge in [0.25, 0.3) is 0 Å². The van der Waals surface area contributed by atoms with Gasteiger partial charge in [-0.25, -0.2) is 4.98 Å². The summed E-state index contributed by atoms with van der Waals surface area (Å²) in [6.07, 6.45) is 3.54. The van der Waals surface area contributed by atoms with Gasteiger partial charge in [0.2, 0.25) is 11.8 Å². The molecule has 1 aromatic heterocycles. The molecule has 1 heterocycles. The fraction of sp³-hybridized carbons (Fsp3) is 0.600. The molecule has 5 heteroatoms. The number of amides is 1. The Morgan fingerprint density at radius 2 is 2.33 bits per heavy atom. The van der Waals surface area contributed by atoms with Crippen molar-refractivity contribution in [1.82, 2.24) is 10.3 Å². The van der Waals surface area contributed by atoms with Crippen LogP contribution in [0.1, 0.15) is 20.3 Å². The van der Waals surface area contributed by atoms with Crippen molar-refractivity contribution < 1.29 is 9.21 Å². The standard InChI is InChI=1S/C10H17N3O2/c1-7(2)4-8(11-3)10(14)13-9-5-12-6-15-9/h5-8,11H,4H2,1-3H3,(H,13,14). The Bertz CT molecular complexity index is 296. The van der Waals surface area contributed by atoms with Gasteiger partial charge in [-0.3, -0.25) is 10.1 Å². The third-order valence-corrected chi connectivity index (χ3v) is 2.05. The van der Waals surface area contributed by atoms with Crippen LogP contribution in [0, 0.1) is 5.92 Å². The first-order valence-corrected chi connectivity index (χ1v) is 5.00. The zero-order valence-electron chi connectivity index (χ0n) is 9.28. The molecule has 0 bridgehead atoms. The minimum absolute atomic E-state index is 0.0945. The molecule has 1 atom stereocenters. The van der Waals surface area contributed by atoms with Crippen LogP contribution < -0.4 is 10.6 Å². The Morgan fingerprint density at radius 3 is 2.80 bits per heavy atom. The van der Waals surface area contributed by atoms with Crippen LogP contribution in [0.15, 0.2) is 17.0 Å². The highest BCUT2D eigenvalue weighted by molar-refractivity contribution is 5.93. The molecule has 0 aromatic carbocycles. The molecule has 0 aliphatic carbocycles. The second kappa shape index (κ2) is 5.50. The maximum atomic E-state index is 11.7. The predicted octanol–water partition coefficient (Wildman–Crippen LogP) is 1.25. The molecule has 0 saturated carbocycles. The smallest absolute Gasteiger partial charge is 0.243 e. The van der Waals surface area contributed by atoms with E-state index in [0.29, 0.717) is 11.8 Å². The van der Waals surface area contributed by atoms with E-state index in [4.69, 9.17) is 4.42 Å². The lowest BCUT2D eigenvalue weighted by Gasteiger charge is -2.16. The Labute approximate surface area is 89.3 Å². The number of nitrogens with zero attached hydrogens (tertiary/aromatic N) is 1. The molecule has 84 valence electrons. The topological polar surface area (TPSA) is 67.2 Å². The molecule has 0 spiro atoms. The summed E-state index contributed by atoms with van der Waals surface area (Å²) in [5, 5.41) is 5.62. The zero-order chi connectivity index (χ0) is 11.3. The lowest BCUT2D eigenvalue weighted by Crippen LogP contribution is -2.39. The second-order valence-corrected chi connectivity index (χ2v) is 3.83. The summed E-state index contributed by atoms with van der Waals surface area (Å²) in [6, 6.07) is -0.199. The molecule has 0 fully saturated rings. The first kappa shape index (κ1) is 11.7. The molecule has 1 aromatic rings. The Hall–Kier alpha value is -1.36. The number of carbonyl (C=O) groups excluding carboxylic acids is 1.